The molecule has 0 radical (unpaired) electrons. The van der Waals surface area contributed by atoms with Gasteiger partial charge in [0.05, 0.1) is 0 Å². The van der Waals surface area contributed by atoms with E-state index in [0.29, 0.717) is 6.04 Å². The second kappa shape index (κ2) is 5.41. The molecule has 1 aliphatic rings. The second-order valence-electron chi connectivity index (χ2n) is 4.53. The van der Waals surface area contributed by atoms with Crippen LogP contribution in [0.4, 0.5) is 4.39 Å². The van der Waals surface area contributed by atoms with E-state index in [9.17, 15) is 4.39 Å². The summed E-state index contributed by atoms with van der Waals surface area (Å²) >= 11 is 0. The quantitative estimate of drug-likeness (QED) is 0.836. The predicted molar refractivity (Wildman–Crippen MR) is 64.0 cm³/mol. The van der Waals surface area contributed by atoms with Crippen molar-refractivity contribution in [2.75, 3.05) is 26.2 Å². The minimum atomic E-state index is -0.153. The fourth-order valence-corrected chi connectivity index (χ4v) is 2.15. The van der Waals surface area contributed by atoms with Crippen molar-refractivity contribution in [3.63, 3.8) is 0 Å². The van der Waals surface area contributed by atoms with E-state index in [4.69, 9.17) is 0 Å². The lowest BCUT2D eigenvalue weighted by Gasteiger charge is -2.31. The van der Waals surface area contributed by atoms with Gasteiger partial charge in [0.1, 0.15) is 5.82 Å². The molecular formula is C13H19FN2. The van der Waals surface area contributed by atoms with Gasteiger partial charge in [-0.3, -0.25) is 0 Å². The number of piperazine rings is 1. The highest BCUT2D eigenvalue weighted by Crippen LogP contribution is 2.06. The van der Waals surface area contributed by atoms with Gasteiger partial charge < -0.3 is 10.2 Å². The SMILES string of the molecule is C[C@@H]1CN(CCc2ccc(F)cc2)CCN1. The number of benzene rings is 1. The van der Waals surface area contributed by atoms with Crippen molar-refractivity contribution in [1.29, 1.82) is 0 Å². The Labute approximate surface area is 96.5 Å². The first kappa shape index (κ1) is 11.6. The average Bonchev–Trinajstić information content (AvgIpc) is 2.28. The number of nitrogens with zero attached hydrogens (tertiary/aromatic N) is 1. The summed E-state index contributed by atoms with van der Waals surface area (Å²) in [6, 6.07) is 7.41. The highest BCUT2D eigenvalue weighted by molar-refractivity contribution is 5.16. The molecule has 1 N–H and O–H groups in total. The van der Waals surface area contributed by atoms with Crippen LogP contribution in [0.5, 0.6) is 0 Å². The van der Waals surface area contributed by atoms with Gasteiger partial charge in [-0.2, -0.15) is 0 Å². The Morgan fingerprint density at radius 3 is 2.81 bits per heavy atom. The minimum absolute atomic E-state index is 0.153. The molecule has 2 rings (SSSR count). The first-order valence-corrected chi connectivity index (χ1v) is 5.94. The third kappa shape index (κ3) is 3.29. The maximum absolute atomic E-state index is 12.7. The Balaban J connectivity index is 1.80. The van der Waals surface area contributed by atoms with Gasteiger partial charge in [0.15, 0.2) is 0 Å². The number of rotatable bonds is 3. The van der Waals surface area contributed by atoms with Crippen LogP contribution in [0.15, 0.2) is 24.3 Å². The molecule has 2 nitrogen and oxygen atoms in total. The lowest BCUT2D eigenvalue weighted by molar-refractivity contribution is 0.209. The summed E-state index contributed by atoms with van der Waals surface area (Å²) in [5.41, 5.74) is 1.22. The smallest absolute Gasteiger partial charge is 0.123 e. The molecule has 1 aromatic rings. The van der Waals surface area contributed by atoms with E-state index in [2.05, 4.69) is 17.1 Å². The number of halogens is 1. The minimum Gasteiger partial charge on any atom is -0.312 e. The van der Waals surface area contributed by atoms with Crippen LogP contribution in [0, 0.1) is 5.82 Å². The van der Waals surface area contributed by atoms with E-state index in [1.54, 1.807) is 0 Å². The maximum Gasteiger partial charge on any atom is 0.123 e. The van der Waals surface area contributed by atoms with Crippen molar-refractivity contribution in [2.24, 2.45) is 0 Å². The van der Waals surface area contributed by atoms with Gasteiger partial charge >= 0.3 is 0 Å². The summed E-state index contributed by atoms with van der Waals surface area (Å²) in [6.07, 6.45) is 1.01. The van der Waals surface area contributed by atoms with Gasteiger partial charge in [-0.1, -0.05) is 12.1 Å². The Hall–Kier alpha value is -0.930. The van der Waals surface area contributed by atoms with E-state index in [1.807, 2.05) is 12.1 Å². The number of hydrogen-bond donors (Lipinski definition) is 1. The molecule has 0 unspecified atom stereocenters. The molecule has 0 amide bonds. The Kier molecular flexibility index (Phi) is 3.91. The van der Waals surface area contributed by atoms with Crippen LogP contribution in [-0.2, 0) is 6.42 Å². The standard InChI is InChI=1S/C13H19FN2/c1-11-10-16(9-7-15-11)8-6-12-2-4-13(14)5-3-12/h2-5,11,15H,6-10H2,1H3/t11-/m1/s1. The lowest BCUT2D eigenvalue weighted by Crippen LogP contribution is -2.49. The molecule has 88 valence electrons. The van der Waals surface area contributed by atoms with E-state index in [1.165, 1.54) is 17.7 Å². The van der Waals surface area contributed by atoms with Crippen molar-refractivity contribution in [3.05, 3.63) is 35.6 Å². The molecule has 1 aromatic carbocycles. The van der Waals surface area contributed by atoms with E-state index in [-0.39, 0.29) is 5.82 Å². The summed E-state index contributed by atoms with van der Waals surface area (Å²) in [4.78, 5) is 2.46. The van der Waals surface area contributed by atoms with Gasteiger partial charge in [0.2, 0.25) is 0 Å². The topological polar surface area (TPSA) is 15.3 Å². The van der Waals surface area contributed by atoms with Crippen molar-refractivity contribution >= 4 is 0 Å². The molecule has 0 aliphatic carbocycles. The molecule has 1 fully saturated rings. The summed E-state index contributed by atoms with van der Waals surface area (Å²) in [7, 11) is 0. The molecular weight excluding hydrogens is 203 g/mol. The van der Waals surface area contributed by atoms with Gasteiger partial charge in [0, 0.05) is 32.2 Å². The van der Waals surface area contributed by atoms with E-state index < -0.39 is 0 Å². The second-order valence-corrected chi connectivity index (χ2v) is 4.53. The zero-order valence-electron chi connectivity index (χ0n) is 9.75. The molecule has 3 heteroatoms. The number of hydrogen-bond acceptors (Lipinski definition) is 2. The number of nitrogens with one attached hydrogen (secondary N) is 1. The van der Waals surface area contributed by atoms with Crippen LogP contribution < -0.4 is 5.32 Å². The molecule has 0 bridgehead atoms. The normalized spacial score (nSPS) is 22.2. The first-order valence-electron chi connectivity index (χ1n) is 5.94. The van der Waals surface area contributed by atoms with Crippen LogP contribution in [0.1, 0.15) is 12.5 Å². The summed E-state index contributed by atoms with van der Waals surface area (Å²) in [5, 5.41) is 3.43. The Morgan fingerprint density at radius 1 is 1.38 bits per heavy atom. The summed E-state index contributed by atoms with van der Waals surface area (Å²) < 4.78 is 12.7. The van der Waals surface area contributed by atoms with Crippen molar-refractivity contribution in [3.8, 4) is 0 Å². The first-order chi connectivity index (χ1) is 7.74. The fourth-order valence-electron chi connectivity index (χ4n) is 2.15. The highest BCUT2D eigenvalue weighted by atomic mass is 19.1. The van der Waals surface area contributed by atoms with Crippen molar-refractivity contribution in [1.82, 2.24) is 10.2 Å². The van der Waals surface area contributed by atoms with E-state index in [0.717, 1.165) is 32.6 Å². The fraction of sp³-hybridized carbons (Fsp3) is 0.538. The molecule has 0 spiro atoms. The van der Waals surface area contributed by atoms with Crippen LogP contribution in [0.3, 0.4) is 0 Å². The summed E-state index contributed by atoms with van der Waals surface area (Å²) in [6.45, 7) is 6.58. The lowest BCUT2D eigenvalue weighted by atomic mass is 10.1. The van der Waals surface area contributed by atoms with Crippen LogP contribution in [0.25, 0.3) is 0 Å². The Bertz CT molecular complexity index is 323. The molecule has 1 heterocycles. The van der Waals surface area contributed by atoms with Gasteiger partial charge in [-0.25, -0.2) is 4.39 Å². The predicted octanol–water partition coefficient (Wildman–Crippen LogP) is 1.66. The van der Waals surface area contributed by atoms with Crippen LogP contribution in [-0.4, -0.2) is 37.1 Å². The van der Waals surface area contributed by atoms with Crippen molar-refractivity contribution < 1.29 is 4.39 Å². The van der Waals surface area contributed by atoms with Crippen LogP contribution >= 0.6 is 0 Å². The van der Waals surface area contributed by atoms with Gasteiger partial charge in [0.25, 0.3) is 0 Å². The molecule has 1 atom stereocenters. The molecule has 16 heavy (non-hydrogen) atoms. The maximum atomic E-state index is 12.7. The average molecular weight is 222 g/mol. The van der Waals surface area contributed by atoms with E-state index >= 15 is 0 Å². The van der Waals surface area contributed by atoms with Crippen LogP contribution in [0.2, 0.25) is 0 Å². The molecule has 0 aromatic heterocycles. The van der Waals surface area contributed by atoms with Gasteiger partial charge in [-0.05, 0) is 31.0 Å². The third-order valence-corrected chi connectivity index (χ3v) is 3.08. The monoisotopic (exact) mass is 222 g/mol. The largest absolute Gasteiger partial charge is 0.312 e. The van der Waals surface area contributed by atoms with Crippen molar-refractivity contribution in [2.45, 2.75) is 19.4 Å². The molecule has 1 saturated heterocycles. The highest BCUT2D eigenvalue weighted by Gasteiger charge is 2.14. The third-order valence-electron chi connectivity index (χ3n) is 3.08. The molecule has 1 aliphatic heterocycles. The summed E-state index contributed by atoms with van der Waals surface area (Å²) in [5.74, 6) is -0.153. The Morgan fingerprint density at radius 2 is 2.12 bits per heavy atom. The zero-order chi connectivity index (χ0) is 11.4. The zero-order valence-corrected chi connectivity index (χ0v) is 9.75. The molecule has 0 saturated carbocycles. The van der Waals surface area contributed by atoms with Gasteiger partial charge in [-0.15, -0.1) is 0 Å².